The average molecular weight is 444 g/mol. The molecule has 0 fully saturated rings. The van der Waals surface area contributed by atoms with E-state index >= 15 is 0 Å². The molecule has 0 radical (unpaired) electrons. The molecule has 0 aromatic carbocycles. The topological polar surface area (TPSA) is 154 Å². The zero-order valence-electron chi connectivity index (χ0n) is 18.4. The van der Waals surface area contributed by atoms with Crippen molar-refractivity contribution >= 4 is 29.8 Å². The van der Waals surface area contributed by atoms with Gasteiger partial charge in [-0.15, -0.1) is 6.58 Å². The normalized spacial score (nSPS) is 8.55. The SMILES string of the molecule is C=CC(=O)OC.C=CC(=O)OCC.C=CCC(=O)O.CC(C)COC(=O)/C=C\C(=O)O. The van der Waals surface area contributed by atoms with Gasteiger partial charge < -0.3 is 24.4 Å². The fraction of sp³-hybridized carbons (Fsp3) is 0.381. The molecule has 0 spiro atoms. The molecule has 0 aliphatic carbocycles. The van der Waals surface area contributed by atoms with Crippen LogP contribution < -0.4 is 0 Å². The quantitative estimate of drug-likeness (QED) is 0.235. The smallest absolute Gasteiger partial charge is 0.331 e. The molecule has 0 unspecified atom stereocenters. The molecule has 0 atom stereocenters. The molecule has 0 aliphatic rings. The van der Waals surface area contributed by atoms with E-state index < -0.39 is 23.9 Å². The van der Waals surface area contributed by atoms with Gasteiger partial charge in [0.2, 0.25) is 0 Å². The first-order valence-electron chi connectivity index (χ1n) is 8.81. The van der Waals surface area contributed by atoms with Crippen molar-refractivity contribution in [1.82, 2.24) is 0 Å². The first-order chi connectivity index (χ1) is 14.4. The second-order valence-corrected chi connectivity index (χ2v) is 5.27. The van der Waals surface area contributed by atoms with Crippen LogP contribution in [0.25, 0.3) is 0 Å². The molecular formula is C21H32O10. The number of esters is 3. The van der Waals surface area contributed by atoms with Crippen molar-refractivity contribution in [3.05, 3.63) is 50.1 Å². The summed E-state index contributed by atoms with van der Waals surface area (Å²) in [5, 5.41) is 16.0. The Morgan fingerprint density at radius 1 is 0.871 bits per heavy atom. The molecule has 0 rings (SSSR count). The van der Waals surface area contributed by atoms with Crippen LogP contribution in [0.2, 0.25) is 0 Å². The lowest BCUT2D eigenvalue weighted by atomic mass is 10.2. The van der Waals surface area contributed by atoms with Crippen LogP contribution in [0.3, 0.4) is 0 Å². The van der Waals surface area contributed by atoms with Crippen LogP contribution in [0.1, 0.15) is 27.2 Å². The van der Waals surface area contributed by atoms with Crippen molar-refractivity contribution < 1.29 is 48.4 Å². The summed E-state index contributed by atoms with van der Waals surface area (Å²) in [6, 6.07) is 0. The Labute approximate surface area is 182 Å². The highest BCUT2D eigenvalue weighted by Crippen LogP contribution is 1.93. The van der Waals surface area contributed by atoms with Gasteiger partial charge in [0, 0.05) is 24.3 Å². The van der Waals surface area contributed by atoms with E-state index in [0.29, 0.717) is 13.2 Å². The highest BCUT2D eigenvalue weighted by molar-refractivity contribution is 5.90. The highest BCUT2D eigenvalue weighted by Gasteiger charge is 1.99. The van der Waals surface area contributed by atoms with E-state index in [9.17, 15) is 24.0 Å². The van der Waals surface area contributed by atoms with Crippen molar-refractivity contribution in [2.24, 2.45) is 5.92 Å². The molecule has 2 N–H and O–H groups in total. The largest absolute Gasteiger partial charge is 0.481 e. The monoisotopic (exact) mass is 444 g/mol. The number of ether oxygens (including phenoxy) is 3. The summed E-state index contributed by atoms with van der Waals surface area (Å²) in [7, 11) is 1.31. The number of aliphatic carboxylic acids is 2. The lowest BCUT2D eigenvalue weighted by Crippen LogP contribution is -2.07. The number of carboxylic acids is 2. The molecule has 0 aromatic heterocycles. The third kappa shape index (κ3) is 46.4. The second-order valence-electron chi connectivity index (χ2n) is 5.27. The zero-order valence-corrected chi connectivity index (χ0v) is 18.4. The molecule has 0 aliphatic heterocycles. The number of rotatable bonds is 9. The van der Waals surface area contributed by atoms with Gasteiger partial charge in [-0.3, -0.25) is 4.79 Å². The minimum atomic E-state index is -1.16. The molecule has 31 heavy (non-hydrogen) atoms. The molecule has 0 saturated carbocycles. The van der Waals surface area contributed by atoms with E-state index in [2.05, 4.69) is 33.9 Å². The van der Waals surface area contributed by atoms with Gasteiger partial charge in [-0.25, -0.2) is 19.2 Å². The Bertz CT molecular complexity index is 603. The van der Waals surface area contributed by atoms with Gasteiger partial charge in [0.15, 0.2) is 0 Å². The van der Waals surface area contributed by atoms with Gasteiger partial charge in [-0.05, 0) is 12.8 Å². The Hall–Kier alpha value is -3.69. The number of carboxylic acid groups (broad SMARTS) is 2. The molecule has 10 nitrogen and oxygen atoms in total. The summed E-state index contributed by atoms with van der Waals surface area (Å²) >= 11 is 0. The van der Waals surface area contributed by atoms with E-state index in [1.807, 2.05) is 13.8 Å². The van der Waals surface area contributed by atoms with Crippen LogP contribution in [0.4, 0.5) is 0 Å². The summed E-state index contributed by atoms with van der Waals surface area (Å²) in [4.78, 5) is 50.1. The van der Waals surface area contributed by atoms with Crippen molar-refractivity contribution in [1.29, 1.82) is 0 Å². The molecule has 0 heterocycles. The van der Waals surface area contributed by atoms with E-state index in [0.717, 1.165) is 24.3 Å². The van der Waals surface area contributed by atoms with E-state index in [4.69, 9.17) is 10.2 Å². The highest BCUT2D eigenvalue weighted by atomic mass is 16.5. The number of hydrogen-bond donors (Lipinski definition) is 2. The van der Waals surface area contributed by atoms with Crippen LogP contribution in [-0.4, -0.2) is 60.4 Å². The zero-order chi connectivity index (χ0) is 25.2. The molecule has 0 aromatic rings. The van der Waals surface area contributed by atoms with Crippen LogP contribution in [-0.2, 0) is 38.2 Å². The van der Waals surface area contributed by atoms with Crippen molar-refractivity contribution in [2.45, 2.75) is 27.2 Å². The summed E-state index contributed by atoms with van der Waals surface area (Å²) < 4.78 is 13.2. The van der Waals surface area contributed by atoms with Gasteiger partial charge in [0.05, 0.1) is 26.7 Å². The van der Waals surface area contributed by atoms with Gasteiger partial charge >= 0.3 is 29.8 Å². The van der Waals surface area contributed by atoms with Crippen LogP contribution in [0.15, 0.2) is 50.1 Å². The summed E-state index contributed by atoms with van der Waals surface area (Å²) in [6.45, 7) is 15.9. The number of carbonyl (C=O) groups excluding carboxylic acids is 3. The summed E-state index contributed by atoms with van der Waals surface area (Å²) in [5.74, 6) is -3.10. The number of carbonyl (C=O) groups is 5. The fourth-order valence-corrected chi connectivity index (χ4v) is 0.844. The van der Waals surface area contributed by atoms with Crippen LogP contribution in [0, 0.1) is 5.92 Å². The minimum absolute atomic E-state index is 0.0556. The molecule has 0 amide bonds. The van der Waals surface area contributed by atoms with E-state index in [-0.39, 0.29) is 18.3 Å². The number of methoxy groups -OCH3 is 1. The third-order valence-corrected chi connectivity index (χ3v) is 2.06. The Balaban J connectivity index is -0.000000166. The minimum Gasteiger partial charge on any atom is -0.481 e. The van der Waals surface area contributed by atoms with Gasteiger partial charge in [0.25, 0.3) is 0 Å². The van der Waals surface area contributed by atoms with E-state index in [1.165, 1.54) is 13.2 Å². The maximum Gasteiger partial charge on any atom is 0.331 e. The first-order valence-corrected chi connectivity index (χ1v) is 8.81. The maximum atomic E-state index is 10.7. The fourth-order valence-electron chi connectivity index (χ4n) is 0.844. The van der Waals surface area contributed by atoms with Crippen molar-refractivity contribution in [3.63, 3.8) is 0 Å². The van der Waals surface area contributed by atoms with Crippen molar-refractivity contribution in [2.75, 3.05) is 20.3 Å². The van der Waals surface area contributed by atoms with Gasteiger partial charge in [-0.1, -0.05) is 33.1 Å². The van der Waals surface area contributed by atoms with Crippen LogP contribution in [0.5, 0.6) is 0 Å². The summed E-state index contributed by atoms with van der Waals surface area (Å²) in [5.41, 5.74) is 0. The second kappa shape index (κ2) is 26.3. The lowest BCUT2D eigenvalue weighted by Gasteiger charge is -2.03. The molecule has 0 saturated heterocycles. The molecule has 0 bridgehead atoms. The number of hydrogen-bond acceptors (Lipinski definition) is 8. The Morgan fingerprint density at radius 2 is 1.39 bits per heavy atom. The lowest BCUT2D eigenvalue weighted by molar-refractivity contribution is -0.139. The molecule has 176 valence electrons. The standard InChI is InChI=1S/C8H12O4.C5H8O2.2C4H6O2/c1-6(2)5-12-8(11)4-3-7(9)10;1-3-5(6)7-4-2;1-3-4(5)6-2;1-2-3-4(5)6/h3-4,6H,5H2,1-2H3,(H,9,10);3H,1,4H2,2H3;3H,1H2,2H3;2H,1,3H2,(H,5,6)/b4-3-;;;. The average Bonchev–Trinajstić information content (AvgIpc) is 2.71. The summed E-state index contributed by atoms with van der Waals surface area (Å²) in [6.07, 6.45) is 5.30. The Morgan fingerprint density at radius 3 is 1.58 bits per heavy atom. The van der Waals surface area contributed by atoms with Gasteiger partial charge in [0.1, 0.15) is 0 Å². The third-order valence-electron chi connectivity index (χ3n) is 2.06. The van der Waals surface area contributed by atoms with Crippen LogP contribution >= 0.6 is 0 Å². The first kappa shape index (κ1) is 34.8. The maximum absolute atomic E-state index is 10.7. The predicted molar refractivity (Wildman–Crippen MR) is 114 cm³/mol. The van der Waals surface area contributed by atoms with E-state index in [1.54, 1.807) is 6.92 Å². The predicted octanol–water partition coefficient (Wildman–Crippen LogP) is 2.55. The van der Waals surface area contributed by atoms with Gasteiger partial charge in [-0.2, -0.15) is 0 Å². The Kier molecular flexibility index (Phi) is 29.5. The van der Waals surface area contributed by atoms with Crippen molar-refractivity contribution in [3.8, 4) is 0 Å². The molecular weight excluding hydrogens is 412 g/mol. The molecule has 10 heteroatoms.